The van der Waals surface area contributed by atoms with Gasteiger partial charge in [0.1, 0.15) is 17.9 Å². The minimum absolute atomic E-state index is 0.242. The van der Waals surface area contributed by atoms with Crippen molar-refractivity contribution in [3.05, 3.63) is 36.0 Å². The van der Waals surface area contributed by atoms with Crippen LogP contribution in [0.4, 0.5) is 0 Å². The molecule has 1 aromatic heterocycles. The van der Waals surface area contributed by atoms with E-state index in [1.54, 1.807) is 25.3 Å². The summed E-state index contributed by atoms with van der Waals surface area (Å²) in [5.74, 6) is -0.272. The van der Waals surface area contributed by atoms with Gasteiger partial charge in [-0.25, -0.2) is 4.98 Å². The average molecular weight is 259 g/mol. The molecule has 19 heavy (non-hydrogen) atoms. The normalized spacial score (nSPS) is 10.2. The Balaban J connectivity index is 2.34. The molecule has 0 radical (unpaired) electrons. The number of fused-ring (bicyclic) bond motifs is 1. The van der Waals surface area contributed by atoms with E-state index >= 15 is 0 Å². The van der Waals surface area contributed by atoms with E-state index in [0.29, 0.717) is 11.3 Å². The van der Waals surface area contributed by atoms with E-state index < -0.39 is 5.97 Å². The number of ether oxygens (including phenoxy) is 2. The van der Waals surface area contributed by atoms with Crippen LogP contribution in [0, 0.1) is 0 Å². The lowest BCUT2D eigenvalue weighted by Gasteiger charge is -2.04. The Hall–Kier alpha value is -2.43. The number of methoxy groups -OCH3 is 2. The Kier molecular flexibility index (Phi) is 3.75. The van der Waals surface area contributed by atoms with Crippen molar-refractivity contribution in [2.45, 2.75) is 6.42 Å². The van der Waals surface area contributed by atoms with Gasteiger partial charge in [0, 0.05) is 11.5 Å². The number of nitrogens with zero attached hydrogens (tertiary/aromatic N) is 1. The van der Waals surface area contributed by atoms with Crippen LogP contribution in [-0.2, 0) is 9.53 Å². The molecule has 0 spiro atoms. The second-order valence-electron chi connectivity index (χ2n) is 3.93. The minimum Gasteiger partial charge on any atom is -0.497 e. The van der Waals surface area contributed by atoms with E-state index in [4.69, 9.17) is 4.74 Å². The van der Waals surface area contributed by atoms with E-state index in [9.17, 15) is 9.59 Å². The van der Waals surface area contributed by atoms with Gasteiger partial charge in [0.15, 0.2) is 5.78 Å². The van der Waals surface area contributed by atoms with Gasteiger partial charge < -0.3 is 9.47 Å². The van der Waals surface area contributed by atoms with E-state index in [-0.39, 0.29) is 17.9 Å². The maximum absolute atomic E-state index is 11.8. The van der Waals surface area contributed by atoms with Gasteiger partial charge in [-0.05, 0) is 18.2 Å². The van der Waals surface area contributed by atoms with E-state index in [1.165, 1.54) is 7.11 Å². The number of ketones is 1. The molecule has 0 aliphatic heterocycles. The highest BCUT2D eigenvalue weighted by Crippen LogP contribution is 2.19. The number of esters is 1. The number of aromatic nitrogens is 1. The van der Waals surface area contributed by atoms with Crippen molar-refractivity contribution in [1.29, 1.82) is 0 Å². The summed E-state index contributed by atoms with van der Waals surface area (Å²) in [5, 5.41) is 0.899. The van der Waals surface area contributed by atoms with Crippen LogP contribution < -0.4 is 4.74 Å². The quantitative estimate of drug-likeness (QED) is 0.477. The van der Waals surface area contributed by atoms with Crippen LogP contribution in [0.1, 0.15) is 16.9 Å². The van der Waals surface area contributed by atoms with Crippen molar-refractivity contribution in [2.24, 2.45) is 0 Å². The lowest BCUT2D eigenvalue weighted by Crippen LogP contribution is -2.10. The van der Waals surface area contributed by atoms with Crippen molar-refractivity contribution in [3.8, 4) is 5.75 Å². The summed E-state index contributed by atoms with van der Waals surface area (Å²) in [4.78, 5) is 27.1. The first-order valence-electron chi connectivity index (χ1n) is 5.69. The molecule has 0 saturated heterocycles. The predicted octanol–water partition coefficient (Wildman–Crippen LogP) is 1.99. The van der Waals surface area contributed by atoms with Crippen LogP contribution in [0.15, 0.2) is 30.3 Å². The van der Waals surface area contributed by atoms with Gasteiger partial charge in [0.25, 0.3) is 0 Å². The molecule has 0 bridgehead atoms. The van der Waals surface area contributed by atoms with Crippen molar-refractivity contribution >= 4 is 22.7 Å². The van der Waals surface area contributed by atoms with Crippen LogP contribution in [-0.4, -0.2) is 31.0 Å². The van der Waals surface area contributed by atoms with Gasteiger partial charge in [-0.2, -0.15) is 0 Å². The lowest BCUT2D eigenvalue weighted by molar-refractivity contribution is -0.139. The van der Waals surface area contributed by atoms with Crippen LogP contribution >= 0.6 is 0 Å². The predicted molar refractivity (Wildman–Crippen MR) is 69.3 cm³/mol. The Morgan fingerprint density at radius 1 is 1.16 bits per heavy atom. The molecule has 98 valence electrons. The summed E-state index contributed by atoms with van der Waals surface area (Å²) in [6.45, 7) is 0. The SMILES string of the molecule is COC(=O)CC(=O)c1ccc2ccc(OC)cc2n1. The molecule has 0 fully saturated rings. The van der Waals surface area contributed by atoms with E-state index in [0.717, 1.165) is 5.39 Å². The molecule has 0 N–H and O–H groups in total. The highest BCUT2D eigenvalue weighted by molar-refractivity contribution is 6.05. The highest BCUT2D eigenvalue weighted by atomic mass is 16.5. The fraction of sp³-hybridized carbons (Fsp3) is 0.214. The largest absolute Gasteiger partial charge is 0.497 e. The topological polar surface area (TPSA) is 65.5 Å². The van der Waals surface area contributed by atoms with Gasteiger partial charge in [0.2, 0.25) is 0 Å². The standard InChI is InChI=1S/C14H13NO4/c1-18-10-5-3-9-4-6-11(15-12(9)7-10)13(16)8-14(17)19-2/h3-7H,8H2,1-2H3. The third-order valence-corrected chi connectivity index (χ3v) is 2.72. The molecule has 0 atom stereocenters. The number of rotatable bonds is 4. The molecule has 1 heterocycles. The summed E-state index contributed by atoms with van der Waals surface area (Å²) < 4.78 is 9.56. The lowest BCUT2D eigenvalue weighted by atomic mass is 10.1. The zero-order valence-corrected chi connectivity index (χ0v) is 10.7. The average Bonchev–Trinajstić information content (AvgIpc) is 2.45. The summed E-state index contributed by atoms with van der Waals surface area (Å²) in [6, 6.07) is 8.80. The number of hydrogen-bond acceptors (Lipinski definition) is 5. The Morgan fingerprint density at radius 3 is 2.58 bits per heavy atom. The minimum atomic E-state index is -0.572. The molecule has 0 saturated carbocycles. The van der Waals surface area contributed by atoms with E-state index in [1.807, 2.05) is 12.1 Å². The third-order valence-electron chi connectivity index (χ3n) is 2.72. The first-order chi connectivity index (χ1) is 9.13. The fourth-order valence-electron chi connectivity index (χ4n) is 1.67. The maximum atomic E-state index is 11.8. The second-order valence-corrected chi connectivity index (χ2v) is 3.93. The Labute approximate surface area is 110 Å². The first-order valence-corrected chi connectivity index (χ1v) is 5.69. The monoisotopic (exact) mass is 259 g/mol. The first kappa shape index (κ1) is 13.0. The van der Waals surface area contributed by atoms with Gasteiger partial charge in [-0.15, -0.1) is 0 Å². The number of hydrogen-bond donors (Lipinski definition) is 0. The second kappa shape index (κ2) is 5.48. The van der Waals surface area contributed by atoms with E-state index in [2.05, 4.69) is 9.72 Å². The van der Waals surface area contributed by atoms with Gasteiger partial charge in [-0.3, -0.25) is 9.59 Å². The summed E-state index contributed by atoms with van der Waals surface area (Å²) in [6.07, 6.45) is -0.307. The Morgan fingerprint density at radius 2 is 1.89 bits per heavy atom. The summed E-state index contributed by atoms with van der Waals surface area (Å²) >= 11 is 0. The molecule has 5 nitrogen and oxygen atoms in total. The fourth-order valence-corrected chi connectivity index (χ4v) is 1.67. The van der Waals surface area contributed by atoms with Crippen molar-refractivity contribution in [1.82, 2.24) is 4.98 Å². The van der Waals surface area contributed by atoms with Gasteiger partial charge in [-0.1, -0.05) is 6.07 Å². The molecular formula is C14H13NO4. The molecule has 2 rings (SSSR count). The number of carbonyl (C=O) groups is 2. The van der Waals surface area contributed by atoms with Crippen LogP contribution in [0.2, 0.25) is 0 Å². The number of carbonyl (C=O) groups excluding carboxylic acids is 2. The molecule has 0 amide bonds. The molecule has 0 unspecified atom stereocenters. The number of Topliss-reactive ketones (excluding diaryl/α,β-unsaturated/α-hetero) is 1. The highest BCUT2D eigenvalue weighted by Gasteiger charge is 2.13. The van der Waals surface area contributed by atoms with Gasteiger partial charge in [0.05, 0.1) is 19.7 Å². The van der Waals surface area contributed by atoms with Crippen molar-refractivity contribution in [3.63, 3.8) is 0 Å². The number of benzene rings is 1. The van der Waals surface area contributed by atoms with Crippen LogP contribution in [0.5, 0.6) is 5.75 Å². The summed E-state index contributed by atoms with van der Waals surface area (Å²) in [7, 11) is 2.81. The molecular weight excluding hydrogens is 246 g/mol. The summed E-state index contributed by atoms with van der Waals surface area (Å²) in [5.41, 5.74) is 0.890. The molecule has 1 aromatic carbocycles. The van der Waals surface area contributed by atoms with Crippen LogP contribution in [0.3, 0.4) is 0 Å². The smallest absolute Gasteiger partial charge is 0.313 e. The van der Waals surface area contributed by atoms with Crippen molar-refractivity contribution in [2.75, 3.05) is 14.2 Å². The zero-order valence-electron chi connectivity index (χ0n) is 10.7. The number of pyridine rings is 1. The third kappa shape index (κ3) is 2.88. The maximum Gasteiger partial charge on any atom is 0.313 e. The molecule has 0 aliphatic rings. The molecule has 0 aliphatic carbocycles. The Bertz CT molecular complexity index is 636. The van der Waals surface area contributed by atoms with Crippen molar-refractivity contribution < 1.29 is 19.1 Å². The van der Waals surface area contributed by atoms with Gasteiger partial charge >= 0.3 is 5.97 Å². The zero-order chi connectivity index (χ0) is 13.8. The molecule has 5 heteroatoms. The van der Waals surface area contributed by atoms with Crippen LogP contribution in [0.25, 0.3) is 10.9 Å². The molecule has 2 aromatic rings.